The number of hydrazone groups is 3. The molecule has 0 saturated carbocycles. The zero-order chi connectivity index (χ0) is 35.5. The van der Waals surface area contributed by atoms with Crippen molar-refractivity contribution >= 4 is 70.7 Å². The Morgan fingerprint density at radius 2 is 0.979 bits per heavy atom. The van der Waals surface area contributed by atoms with Crippen molar-refractivity contribution in [1.29, 1.82) is 0 Å². The van der Waals surface area contributed by atoms with Crippen LogP contribution in [0.25, 0.3) is 0 Å². The molecule has 11 nitrogen and oxygen atoms in total. The van der Waals surface area contributed by atoms with Crippen LogP contribution in [0.4, 0.5) is 0 Å². The average molecular weight is 767 g/mol. The molecule has 2 atom stereocenters. The van der Waals surface area contributed by atoms with Crippen molar-refractivity contribution in [3.8, 4) is 17.2 Å². The van der Waals surface area contributed by atoms with Crippen LogP contribution in [0, 0.1) is 0 Å². The summed E-state index contributed by atoms with van der Waals surface area (Å²) < 4.78 is 45.6. The maximum absolute atomic E-state index is 12.7. The highest BCUT2D eigenvalue weighted by molar-refractivity contribution is 8.02. The number of hydrogen-bond acceptors (Lipinski definition) is 11. The zero-order valence-electron chi connectivity index (χ0n) is 28.3. The Bertz CT molecular complexity index is 1710. The molecular weight excluding hydrogens is 724 g/mol. The van der Waals surface area contributed by atoms with E-state index in [0.29, 0.717) is 18.0 Å². The van der Waals surface area contributed by atoms with E-state index in [-0.39, 0.29) is 0 Å². The molecule has 0 radical (unpaired) electrons. The fourth-order valence-corrected chi connectivity index (χ4v) is 12.6. The van der Waals surface area contributed by atoms with Crippen LogP contribution in [0.15, 0.2) is 88.1 Å². The Morgan fingerprint density at radius 3 is 1.31 bits per heavy atom. The summed E-state index contributed by atoms with van der Waals surface area (Å²) in [7, 11) is -1.01. The zero-order valence-corrected chi connectivity index (χ0v) is 33.5. The van der Waals surface area contributed by atoms with Gasteiger partial charge in [-0.15, -0.1) is 10.2 Å². The molecule has 0 N–H and O–H groups in total. The molecule has 17 heteroatoms. The predicted octanol–water partition coefficient (Wildman–Crippen LogP) is 7.77. The fourth-order valence-electron chi connectivity index (χ4n) is 4.11. The number of rotatable bonds is 17. The van der Waals surface area contributed by atoms with Gasteiger partial charge < -0.3 is 13.9 Å². The third-order valence-corrected chi connectivity index (χ3v) is 17.0. The lowest BCUT2D eigenvalue weighted by molar-refractivity contribution is 0.367. The molecule has 0 saturated heterocycles. The molecule has 3 rings (SSSR count). The van der Waals surface area contributed by atoms with Crippen molar-refractivity contribution in [3.05, 3.63) is 89.5 Å². The summed E-state index contributed by atoms with van der Waals surface area (Å²) in [6.45, 7) is 7.07. The Balaban J connectivity index is 1.48. The lowest BCUT2D eigenvalue weighted by Gasteiger charge is -2.28. The fraction of sp³-hybridized carbons (Fsp3) is 0.323. The summed E-state index contributed by atoms with van der Waals surface area (Å²) in [5, 5.41) is 14.6. The Labute approximate surface area is 295 Å². The van der Waals surface area contributed by atoms with Gasteiger partial charge in [0.1, 0.15) is 5.75 Å². The van der Waals surface area contributed by atoms with E-state index < -0.39 is 33.8 Å². The molecule has 0 bridgehead atoms. The van der Waals surface area contributed by atoms with Crippen LogP contribution in [0.3, 0.4) is 0 Å². The van der Waals surface area contributed by atoms with Gasteiger partial charge in [-0.1, -0.05) is 9.56 Å². The van der Waals surface area contributed by atoms with Gasteiger partial charge in [0, 0.05) is 7.05 Å². The molecule has 48 heavy (non-hydrogen) atoms. The monoisotopic (exact) mass is 766 g/mol. The molecule has 0 aliphatic carbocycles. The van der Waals surface area contributed by atoms with Crippen molar-refractivity contribution in [2.75, 3.05) is 61.5 Å². The minimum Gasteiger partial charge on any atom is -0.497 e. The van der Waals surface area contributed by atoms with Gasteiger partial charge in [0.25, 0.3) is 0 Å². The molecule has 3 aromatic rings. The maximum atomic E-state index is 12.7. The summed E-state index contributed by atoms with van der Waals surface area (Å²) in [5.74, 6) is 2.02. The van der Waals surface area contributed by atoms with Crippen molar-refractivity contribution in [3.63, 3.8) is 0 Å². The van der Waals surface area contributed by atoms with Gasteiger partial charge in [-0.25, -0.2) is 0 Å². The van der Waals surface area contributed by atoms with Crippen LogP contribution in [0.1, 0.15) is 16.7 Å². The molecule has 0 fully saturated rings. The highest BCUT2D eigenvalue weighted by Crippen LogP contribution is 2.61. The van der Waals surface area contributed by atoms with Crippen molar-refractivity contribution in [1.82, 2.24) is 14.6 Å². The Kier molecular flexibility index (Phi) is 14.9. The van der Waals surface area contributed by atoms with Crippen LogP contribution < -0.4 is 13.8 Å². The summed E-state index contributed by atoms with van der Waals surface area (Å²) in [4.78, 5) is 0. The summed E-state index contributed by atoms with van der Waals surface area (Å²) >= 11 is 11.1. The minimum atomic E-state index is -2.55. The van der Waals surface area contributed by atoms with E-state index in [2.05, 4.69) is 15.3 Å². The standard InChI is InChI=1S/C31H42N6O5P4S2/c1-35(24-31(45(5,6)38)46(7,8)39)32-21-25-11-17-29(18-12-25)41-44(48)37(3)34-23-27-13-19-30(20-14-27)42-43(47)36(2)33-22-26-9-15-28(40-4)16-10-26/h9-23,31H,24H2,1-8H3/q+2/b32-21-,33-22-,34-23-. The molecule has 0 heterocycles. The average Bonchev–Trinajstić information content (AvgIpc) is 3.04. The lowest BCUT2D eigenvalue weighted by atomic mass is 10.2. The molecule has 0 spiro atoms. The van der Waals surface area contributed by atoms with Gasteiger partial charge in [-0.2, -0.15) is 5.10 Å². The topological polar surface area (TPSA) is 109 Å². The highest BCUT2D eigenvalue weighted by atomic mass is 32.4. The van der Waals surface area contributed by atoms with Crippen LogP contribution in [0.5, 0.6) is 17.2 Å². The Morgan fingerprint density at radius 1 is 0.646 bits per heavy atom. The summed E-state index contributed by atoms with van der Waals surface area (Å²) in [6.07, 6.45) is 5.12. The second-order valence-electron chi connectivity index (χ2n) is 11.5. The number of methoxy groups -OCH3 is 1. The van der Waals surface area contributed by atoms with E-state index in [1.54, 1.807) is 88.1 Å². The molecule has 0 aromatic heterocycles. The highest BCUT2D eigenvalue weighted by Gasteiger charge is 2.34. The van der Waals surface area contributed by atoms with Gasteiger partial charge in [0.15, 0.2) is 11.5 Å². The second kappa shape index (κ2) is 18.1. The predicted molar refractivity (Wildman–Crippen MR) is 209 cm³/mol. The van der Waals surface area contributed by atoms with E-state index in [1.165, 1.54) is 0 Å². The van der Waals surface area contributed by atoms with Crippen LogP contribution in [-0.2, 0) is 32.7 Å². The smallest absolute Gasteiger partial charge is 0.497 e. The van der Waals surface area contributed by atoms with Crippen molar-refractivity contribution < 1.29 is 22.9 Å². The number of hydrogen-bond donors (Lipinski definition) is 0. The number of nitrogens with zero attached hydrogens (tertiary/aromatic N) is 6. The normalized spacial score (nSPS) is 12.9. The lowest BCUT2D eigenvalue weighted by Crippen LogP contribution is -2.25. The first-order valence-corrected chi connectivity index (χ1v) is 24.4. The quantitative estimate of drug-likeness (QED) is 0.0769. The van der Waals surface area contributed by atoms with Crippen LogP contribution in [0.2, 0.25) is 0 Å². The van der Waals surface area contributed by atoms with Crippen molar-refractivity contribution in [2.45, 2.75) is 5.40 Å². The minimum absolute atomic E-state index is 0.354. The second-order valence-corrected chi connectivity index (χ2v) is 23.2. The van der Waals surface area contributed by atoms with Crippen LogP contribution >= 0.6 is 28.4 Å². The maximum Gasteiger partial charge on any atom is 0.540 e. The third kappa shape index (κ3) is 13.1. The van der Waals surface area contributed by atoms with Gasteiger partial charge in [0.05, 0.1) is 66.1 Å². The molecule has 2 unspecified atom stereocenters. The molecular formula is C31H42N6O5P4S2+2. The molecule has 0 aliphatic heterocycles. The summed E-state index contributed by atoms with van der Waals surface area (Å²) in [5.41, 5.74) is 2.63. The third-order valence-electron chi connectivity index (χ3n) is 6.73. The SMILES string of the molecule is COc1ccc(/C=N\N(C)[P+](=S)Oc2ccc(/C=N\N(C)[P+](=S)Oc3ccc(/C=N\N(C)CC(P(C)(C)=O)P(C)(C)=O)cc3)cc2)cc1. The van der Waals surface area contributed by atoms with E-state index in [1.807, 2.05) is 72.8 Å². The van der Waals surface area contributed by atoms with Gasteiger partial charge >= 0.3 is 14.1 Å². The van der Waals surface area contributed by atoms with Gasteiger partial charge in [0.2, 0.25) is 23.6 Å². The first-order valence-electron chi connectivity index (χ1n) is 14.6. The first-order chi connectivity index (χ1) is 22.5. The summed E-state index contributed by atoms with van der Waals surface area (Å²) in [6, 6.07) is 22.3. The molecule has 256 valence electrons. The van der Waals surface area contributed by atoms with Gasteiger partial charge in [-0.05, 0) is 116 Å². The molecule has 0 aliphatic rings. The van der Waals surface area contributed by atoms with E-state index in [0.717, 1.165) is 22.4 Å². The largest absolute Gasteiger partial charge is 0.540 e. The Hall–Kier alpha value is -3.03. The molecule has 0 amide bonds. The van der Waals surface area contributed by atoms with Crippen LogP contribution in [-0.4, -0.2) is 100 Å². The first kappa shape index (κ1) is 39.4. The van der Waals surface area contributed by atoms with E-state index >= 15 is 0 Å². The van der Waals surface area contributed by atoms with Crippen molar-refractivity contribution in [2.24, 2.45) is 15.3 Å². The number of benzene rings is 3. The molecule has 3 aromatic carbocycles. The number of ether oxygens (including phenoxy) is 1. The van der Waals surface area contributed by atoms with E-state index in [4.69, 9.17) is 37.4 Å². The van der Waals surface area contributed by atoms with Gasteiger partial charge in [-0.3, -0.25) is 14.1 Å². The van der Waals surface area contributed by atoms with E-state index in [9.17, 15) is 9.13 Å².